The van der Waals surface area contributed by atoms with E-state index in [1.54, 1.807) is 0 Å². The van der Waals surface area contributed by atoms with Gasteiger partial charge in [0.2, 0.25) is 0 Å². The van der Waals surface area contributed by atoms with Crippen molar-refractivity contribution in [2.45, 2.75) is 58.7 Å². The third kappa shape index (κ3) is 4.12. The van der Waals surface area contributed by atoms with Crippen molar-refractivity contribution in [2.75, 3.05) is 11.4 Å². The Balaban J connectivity index is 2.20. The Labute approximate surface area is 122 Å². The molecule has 0 unspecified atom stereocenters. The van der Waals surface area contributed by atoms with Gasteiger partial charge in [0.05, 0.1) is 0 Å². The maximum absolute atomic E-state index is 6.19. The van der Waals surface area contributed by atoms with Crippen LogP contribution in [0.15, 0.2) is 18.2 Å². The van der Waals surface area contributed by atoms with Crippen LogP contribution in [0.5, 0.6) is 0 Å². The van der Waals surface area contributed by atoms with E-state index in [1.165, 1.54) is 24.1 Å². The largest absolute Gasteiger partial charge is 0.369 e. The van der Waals surface area contributed by atoms with Crippen LogP contribution in [0.2, 0.25) is 5.02 Å². The lowest BCUT2D eigenvalue weighted by molar-refractivity contribution is 0.652. The number of nitrogens with zero attached hydrogens (tertiary/aromatic N) is 1. The van der Waals surface area contributed by atoms with Gasteiger partial charge in [-0.3, -0.25) is 0 Å². The van der Waals surface area contributed by atoms with Gasteiger partial charge in [-0.2, -0.15) is 0 Å². The van der Waals surface area contributed by atoms with Crippen molar-refractivity contribution < 1.29 is 0 Å². The molecule has 0 aliphatic heterocycles. The van der Waals surface area contributed by atoms with E-state index < -0.39 is 0 Å². The highest BCUT2D eigenvalue weighted by atomic mass is 35.5. The Morgan fingerprint density at radius 3 is 2.68 bits per heavy atom. The van der Waals surface area contributed by atoms with Crippen LogP contribution in [0.4, 0.5) is 5.69 Å². The molecule has 106 valence electrons. The van der Waals surface area contributed by atoms with E-state index in [2.05, 4.69) is 43.1 Å². The van der Waals surface area contributed by atoms with Gasteiger partial charge in [0.1, 0.15) is 0 Å². The molecule has 0 radical (unpaired) electrons. The zero-order valence-corrected chi connectivity index (χ0v) is 13.0. The van der Waals surface area contributed by atoms with Gasteiger partial charge < -0.3 is 10.2 Å². The van der Waals surface area contributed by atoms with E-state index in [1.807, 2.05) is 6.07 Å². The number of benzene rings is 1. The smallest absolute Gasteiger partial charge is 0.0429 e. The maximum Gasteiger partial charge on any atom is 0.0429 e. The van der Waals surface area contributed by atoms with Gasteiger partial charge in [0, 0.05) is 35.9 Å². The Bertz CT molecular complexity index is 413. The Hall–Kier alpha value is -0.730. The van der Waals surface area contributed by atoms with Gasteiger partial charge >= 0.3 is 0 Å². The standard InChI is InChI=1S/C16H25ClN2/c1-4-9-19(12(2)3)16-10-14(17)6-5-13(16)11-18-15-7-8-15/h5-6,10,12,15,18H,4,7-9,11H2,1-3H3. The number of nitrogens with one attached hydrogen (secondary N) is 1. The number of hydrogen-bond donors (Lipinski definition) is 1. The van der Waals surface area contributed by atoms with Crippen LogP contribution in [0.25, 0.3) is 0 Å². The van der Waals surface area contributed by atoms with Crippen molar-refractivity contribution in [3.05, 3.63) is 28.8 Å². The van der Waals surface area contributed by atoms with Crippen LogP contribution < -0.4 is 10.2 Å². The highest BCUT2D eigenvalue weighted by molar-refractivity contribution is 6.30. The molecule has 1 aromatic rings. The quantitative estimate of drug-likeness (QED) is 0.805. The molecule has 0 bridgehead atoms. The van der Waals surface area contributed by atoms with Gasteiger partial charge in [0.25, 0.3) is 0 Å². The Morgan fingerprint density at radius 2 is 2.11 bits per heavy atom. The predicted molar refractivity (Wildman–Crippen MR) is 84.1 cm³/mol. The second kappa shape index (κ2) is 6.62. The van der Waals surface area contributed by atoms with Gasteiger partial charge in [-0.25, -0.2) is 0 Å². The molecular formula is C16H25ClN2. The fourth-order valence-corrected chi connectivity index (χ4v) is 2.56. The number of rotatable bonds is 7. The summed E-state index contributed by atoms with van der Waals surface area (Å²) in [4.78, 5) is 2.45. The lowest BCUT2D eigenvalue weighted by Crippen LogP contribution is -2.33. The maximum atomic E-state index is 6.19. The van der Waals surface area contributed by atoms with Crippen LogP contribution in [-0.4, -0.2) is 18.6 Å². The molecule has 1 saturated carbocycles. The van der Waals surface area contributed by atoms with Gasteiger partial charge in [-0.15, -0.1) is 0 Å². The summed E-state index contributed by atoms with van der Waals surface area (Å²) in [6.45, 7) is 8.74. The summed E-state index contributed by atoms with van der Waals surface area (Å²) in [6.07, 6.45) is 3.80. The SMILES string of the molecule is CCCN(c1cc(Cl)ccc1CNC1CC1)C(C)C. The minimum absolute atomic E-state index is 0.498. The van der Waals surface area contributed by atoms with Gasteiger partial charge in [-0.1, -0.05) is 24.6 Å². The molecule has 0 saturated heterocycles. The highest BCUT2D eigenvalue weighted by Gasteiger charge is 2.21. The average Bonchev–Trinajstić information content (AvgIpc) is 3.18. The predicted octanol–water partition coefficient (Wildman–Crippen LogP) is 4.22. The van der Waals surface area contributed by atoms with Crippen molar-refractivity contribution in [3.8, 4) is 0 Å². The van der Waals surface area contributed by atoms with E-state index in [0.717, 1.165) is 30.6 Å². The normalized spacial score (nSPS) is 15.0. The fraction of sp³-hybridized carbons (Fsp3) is 0.625. The molecule has 1 fully saturated rings. The topological polar surface area (TPSA) is 15.3 Å². The molecule has 0 amide bonds. The van der Waals surface area contributed by atoms with E-state index in [4.69, 9.17) is 11.6 Å². The molecular weight excluding hydrogens is 256 g/mol. The summed E-state index contributed by atoms with van der Waals surface area (Å²) in [5.41, 5.74) is 2.65. The number of halogens is 1. The number of anilines is 1. The third-order valence-corrected chi connectivity index (χ3v) is 3.84. The molecule has 1 aliphatic carbocycles. The first kappa shape index (κ1) is 14.7. The van der Waals surface area contributed by atoms with Gasteiger partial charge in [0.15, 0.2) is 0 Å². The monoisotopic (exact) mass is 280 g/mol. The van der Waals surface area contributed by atoms with Crippen LogP contribution in [0.1, 0.15) is 45.6 Å². The molecule has 0 aromatic heterocycles. The molecule has 3 heteroatoms. The molecule has 0 heterocycles. The summed E-state index contributed by atoms with van der Waals surface area (Å²) in [5.74, 6) is 0. The van der Waals surface area contributed by atoms with Crippen molar-refractivity contribution in [3.63, 3.8) is 0 Å². The summed E-state index contributed by atoms with van der Waals surface area (Å²) in [6, 6.07) is 7.51. The molecule has 2 nitrogen and oxygen atoms in total. The first-order valence-electron chi connectivity index (χ1n) is 7.40. The molecule has 2 rings (SSSR count). The van der Waals surface area contributed by atoms with Crippen molar-refractivity contribution in [2.24, 2.45) is 0 Å². The Morgan fingerprint density at radius 1 is 1.37 bits per heavy atom. The summed E-state index contributed by atoms with van der Waals surface area (Å²) < 4.78 is 0. The summed E-state index contributed by atoms with van der Waals surface area (Å²) in [5, 5.41) is 4.42. The molecule has 0 spiro atoms. The van der Waals surface area contributed by atoms with Crippen molar-refractivity contribution in [1.82, 2.24) is 5.32 Å². The van der Waals surface area contributed by atoms with E-state index in [0.29, 0.717) is 6.04 Å². The zero-order chi connectivity index (χ0) is 13.8. The van der Waals surface area contributed by atoms with E-state index in [9.17, 15) is 0 Å². The first-order valence-corrected chi connectivity index (χ1v) is 7.78. The second-order valence-corrected chi connectivity index (χ2v) is 6.15. The minimum atomic E-state index is 0.498. The average molecular weight is 281 g/mol. The summed E-state index contributed by atoms with van der Waals surface area (Å²) in [7, 11) is 0. The zero-order valence-electron chi connectivity index (χ0n) is 12.2. The first-order chi connectivity index (χ1) is 9.11. The van der Waals surface area contributed by atoms with Crippen LogP contribution in [0.3, 0.4) is 0 Å². The van der Waals surface area contributed by atoms with Crippen molar-refractivity contribution in [1.29, 1.82) is 0 Å². The molecule has 1 aliphatic rings. The van der Waals surface area contributed by atoms with Crippen LogP contribution in [0, 0.1) is 0 Å². The van der Waals surface area contributed by atoms with Crippen molar-refractivity contribution >= 4 is 17.3 Å². The molecule has 0 atom stereocenters. The molecule has 1 aromatic carbocycles. The fourth-order valence-electron chi connectivity index (χ4n) is 2.39. The lowest BCUT2D eigenvalue weighted by Gasteiger charge is -2.31. The third-order valence-electron chi connectivity index (χ3n) is 3.60. The minimum Gasteiger partial charge on any atom is -0.369 e. The highest BCUT2D eigenvalue weighted by Crippen LogP contribution is 2.28. The second-order valence-electron chi connectivity index (χ2n) is 5.72. The molecule has 19 heavy (non-hydrogen) atoms. The van der Waals surface area contributed by atoms with E-state index >= 15 is 0 Å². The lowest BCUT2D eigenvalue weighted by atomic mass is 10.1. The summed E-state index contributed by atoms with van der Waals surface area (Å²) >= 11 is 6.19. The van der Waals surface area contributed by atoms with E-state index in [-0.39, 0.29) is 0 Å². The van der Waals surface area contributed by atoms with Crippen LogP contribution in [-0.2, 0) is 6.54 Å². The number of hydrogen-bond acceptors (Lipinski definition) is 2. The van der Waals surface area contributed by atoms with Gasteiger partial charge in [-0.05, 0) is 50.8 Å². The van der Waals surface area contributed by atoms with Crippen LogP contribution >= 0.6 is 11.6 Å². The molecule has 1 N–H and O–H groups in total. The Kier molecular flexibility index (Phi) is 5.12.